The van der Waals surface area contributed by atoms with Gasteiger partial charge in [-0.25, -0.2) is 9.98 Å². The number of rotatable bonds is 1. The minimum atomic E-state index is -5.17. The molecule has 1 unspecified atom stereocenters. The van der Waals surface area contributed by atoms with Gasteiger partial charge in [0.05, 0.1) is 16.3 Å². The fourth-order valence-electron chi connectivity index (χ4n) is 2.39. The number of fused-ring (bicyclic) bond motifs is 1. The summed E-state index contributed by atoms with van der Waals surface area (Å²) in [4.78, 5) is 5.84. The number of benzene rings is 1. The van der Waals surface area contributed by atoms with Gasteiger partial charge in [-0.1, -0.05) is 23.2 Å². The number of hydrogen-bond donors (Lipinski definition) is 2. The van der Waals surface area contributed by atoms with Crippen molar-refractivity contribution in [3.63, 3.8) is 0 Å². The molecule has 26 heavy (non-hydrogen) atoms. The highest BCUT2D eigenvalue weighted by Gasteiger charge is 2.51. The van der Waals surface area contributed by atoms with Crippen LogP contribution in [0.1, 0.15) is 0 Å². The Kier molecular flexibility index (Phi) is 4.36. The lowest BCUT2D eigenvalue weighted by Crippen LogP contribution is -2.43. The Morgan fingerprint density at radius 2 is 1.73 bits per heavy atom. The predicted octanol–water partition coefficient (Wildman–Crippen LogP) is 3.79. The molecular formula is C13H7Cl2F6N5. The van der Waals surface area contributed by atoms with Crippen molar-refractivity contribution in [2.24, 2.45) is 15.7 Å². The lowest BCUT2D eigenvalue weighted by atomic mass is 10.1. The molecule has 2 aliphatic heterocycles. The van der Waals surface area contributed by atoms with Gasteiger partial charge in [0.25, 0.3) is 0 Å². The molecule has 2 aliphatic rings. The van der Waals surface area contributed by atoms with E-state index in [9.17, 15) is 26.3 Å². The van der Waals surface area contributed by atoms with Gasteiger partial charge in [0.15, 0.2) is 5.71 Å². The van der Waals surface area contributed by atoms with Crippen LogP contribution in [0.15, 0.2) is 39.6 Å². The van der Waals surface area contributed by atoms with Crippen LogP contribution in [0.25, 0.3) is 0 Å². The first-order valence-electron chi connectivity index (χ1n) is 6.72. The molecule has 1 aromatic rings. The molecule has 1 atom stereocenters. The molecule has 2 heterocycles. The molecule has 5 nitrogen and oxygen atoms in total. The summed E-state index contributed by atoms with van der Waals surface area (Å²) in [6, 6.07) is 4.01. The first-order valence-corrected chi connectivity index (χ1v) is 7.47. The van der Waals surface area contributed by atoms with E-state index in [-0.39, 0.29) is 15.7 Å². The van der Waals surface area contributed by atoms with E-state index in [1.807, 2.05) is 0 Å². The maximum Gasteiger partial charge on any atom is 0.451 e. The van der Waals surface area contributed by atoms with Crippen LogP contribution in [0.5, 0.6) is 0 Å². The molecule has 0 amide bonds. The topological polar surface area (TPSA) is 66.0 Å². The third-order valence-corrected chi connectivity index (χ3v) is 3.98. The van der Waals surface area contributed by atoms with Gasteiger partial charge in [-0.05, 0) is 18.2 Å². The summed E-state index contributed by atoms with van der Waals surface area (Å²) < 4.78 is 78.3. The molecule has 0 saturated heterocycles. The van der Waals surface area contributed by atoms with Crippen LogP contribution in [0.4, 0.5) is 32.0 Å². The molecule has 13 heteroatoms. The van der Waals surface area contributed by atoms with E-state index in [0.717, 1.165) is 5.01 Å². The Hall–Kier alpha value is -1.98. The largest absolute Gasteiger partial charge is 0.451 e. The summed E-state index contributed by atoms with van der Waals surface area (Å²) in [6.07, 6.45) is -12.1. The summed E-state index contributed by atoms with van der Waals surface area (Å²) >= 11 is 11.7. The monoisotopic (exact) mass is 417 g/mol. The van der Waals surface area contributed by atoms with Crippen molar-refractivity contribution in [1.29, 1.82) is 0 Å². The summed E-state index contributed by atoms with van der Waals surface area (Å²) in [7, 11) is 0. The second kappa shape index (κ2) is 6.03. The average Bonchev–Trinajstić information content (AvgIpc) is 2.81. The Balaban J connectivity index is 2.13. The minimum Gasteiger partial charge on any atom is -0.384 e. The Bertz CT molecular complexity index is 858. The highest BCUT2D eigenvalue weighted by Crippen LogP contribution is 2.38. The molecule has 1 aromatic carbocycles. The van der Waals surface area contributed by atoms with Gasteiger partial charge < -0.3 is 5.73 Å². The van der Waals surface area contributed by atoms with Crippen molar-refractivity contribution in [2.75, 3.05) is 5.01 Å². The first kappa shape index (κ1) is 18.8. The van der Waals surface area contributed by atoms with Gasteiger partial charge in [0.1, 0.15) is 12.0 Å². The highest BCUT2D eigenvalue weighted by atomic mass is 35.5. The van der Waals surface area contributed by atoms with E-state index in [2.05, 4.69) is 15.4 Å². The van der Waals surface area contributed by atoms with E-state index in [0.29, 0.717) is 0 Å². The molecule has 0 radical (unpaired) electrons. The average molecular weight is 418 g/mol. The first-order chi connectivity index (χ1) is 11.9. The normalized spacial score (nSPS) is 20.9. The molecule has 0 spiro atoms. The van der Waals surface area contributed by atoms with Crippen molar-refractivity contribution in [3.8, 4) is 0 Å². The van der Waals surface area contributed by atoms with Gasteiger partial charge in [-0.2, -0.15) is 31.8 Å². The number of amidine groups is 1. The lowest BCUT2D eigenvalue weighted by Gasteiger charge is -2.23. The molecule has 0 bridgehead atoms. The third-order valence-electron chi connectivity index (χ3n) is 3.44. The number of hydrazine groups is 1. The molecule has 0 aliphatic carbocycles. The van der Waals surface area contributed by atoms with Gasteiger partial charge >= 0.3 is 12.4 Å². The molecule has 3 N–H and O–H groups in total. The van der Waals surface area contributed by atoms with E-state index < -0.39 is 41.5 Å². The molecule has 3 rings (SSSR count). The maximum atomic E-state index is 13.2. The smallest absolute Gasteiger partial charge is 0.384 e. The van der Waals surface area contributed by atoms with Crippen LogP contribution in [0.3, 0.4) is 0 Å². The van der Waals surface area contributed by atoms with Crippen LogP contribution < -0.4 is 16.2 Å². The Morgan fingerprint density at radius 1 is 1.08 bits per heavy atom. The fourth-order valence-corrected chi connectivity index (χ4v) is 2.89. The van der Waals surface area contributed by atoms with Crippen LogP contribution in [-0.4, -0.2) is 30.1 Å². The number of hydrogen-bond acceptors (Lipinski definition) is 5. The Morgan fingerprint density at radius 3 is 2.27 bits per heavy atom. The number of anilines is 1. The Labute approximate surface area is 151 Å². The number of alkyl halides is 6. The summed E-state index contributed by atoms with van der Waals surface area (Å²) in [5.41, 5.74) is 5.68. The maximum absolute atomic E-state index is 13.2. The van der Waals surface area contributed by atoms with Crippen molar-refractivity contribution in [2.45, 2.75) is 18.5 Å². The summed E-state index contributed by atoms with van der Waals surface area (Å²) in [5, 5.41) is 1.16. The van der Waals surface area contributed by atoms with Gasteiger partial charge in [-0.3, -0.25) is 5.01 Å². The van der Waals surface area contributed by atoms with E-state index in [1.54, 1.807) is 0 Å². The minimum absolute atomic E-state index is 0.0118. The zero-order chi connectivity index (χ0) is 19.4. The van der Waals surface area contributed by atoms with Crippen molar-refractivity contribution < 1.29 is 26.3 Å². The van der Waals surface area contributed by atoms with Crippen LogP contribution >= 0.6 is 23.2 Å². The second-order valence-electron chi connectivity index (χ2n) is 5.17. The van der Waals surface area contributed by atoms with Crippen molar-refractivity contribution in [3.05, 3.63) is 39.6 Å². The van der Waals surface area contributed by atoms with E-state index >= 15 is 0 Å². The van der Waals surface area contributed by atoms with E-state index in [1.165, 1.54) is 18.2 Å². The fraction of sp³-hybridized carbons (Fsp3) is 0.231. The number of nitrogens with two attached hydrogens (primary N) is 1. The highest BCUT2D eigenvalue weighted by molar-refractivity contribution is 6.36. The molecular weight excluding hydrogens is 411 g/mol. The zero-order valence-electron chi connectivity index (χ0n) is 12.3. The van der Waals surface area contributed by atoms with Crippen molar-refractivity contribution >= 4 is 40.4 Å². The summed E-state index contributed by atoms with van der Waals surface area (Å²) in [5.74, 6) is -2.44. The van der Waals surface area contributed by atoms with Gasteiger partial charge in [0.2, 0.25) is 5.84 Å². The molecule has 0 saturated carbocycles. The van der Waals surface area contributed by atoms with Crippen molar-refractivity contribution in [1.82, 2.24) is 5.43 Å². The molecule has 0 fully saturated rings. The summed E-state index contributed by atoms with van der Waals surface area (Å²) in [6.45, 7) is 0. The molecule has 140 valence electrons. The second-order valence-corrected chi connectivity index (χ2v) is 6.01. The van der Waals surface area contributed by atoms with Crippen LogP contribution in [0, 0.1) is 0 Å². The number of nitrogens with zero attached hydrogens (tertiary/aromatic N) is 3. The quantitative estimate of drug-likeness (QED) is 0.683. The van der Waals surface area contributed by atoms with Gasteiger partial charge in [-0.15, -0.1) is 0 Å². The standard InChI is InChI=1S/C13H7Cl2F6N5/c14-4-1-2-6(5(15)3-4)26-9(22)7-8(12(16,17)18)23-11(13(19,20)21)24-10(7)25-26/h1-3,10,25H,22H2. The zero-order valence-corrected chi connectivity index (χ0v) is 13.8. The van der Waals surface area contributed by atoms with E-state index in [4.69, 9.17) is 28.9 Å². The van der Waals surface area contributed by atoms with Crippen LogP contribution in [-0.2, 0) is 0 Å². The number of aliphatic imine (C=N–C) groups is 2. The number of nitrogens with one attached hydrogen (secondary N) is 1. The third kappa shape index (κ3) is 3.21. The van der Waals surface area contributed by atoms with Crippen LogP contribution in [0.2, 0.25) is 10.0 Å². The molecule has 0 aromatic heterocycles. The lowest BCUT2D eigenvalue weighted by molar-refractivity contribution is -0.0636. The SMILES string of the molecule is NC1=C2C(C(F)(F)F)=NC(C(F)(F)F)=NC2NN1c1ccc(Cl)cc1Cl. The predicted molar refractivity (Wildman–Crippen MR) is 84.1 cm³/mol. The number of halogens is 8. The van der Waals surface area contributed by atoms with Gasteiger partial charge in [0, 0.05) is 5.02 Å².